The van der Waals surface area contributed by atoms with Crippen molar-refractivity contribution in [1.82, 2.24) is 4.98 Å². The van der Waals surface area contributed by atoms with Gasteiger partial charge in [-0.2, -0.15) is 5.26 Å². The number of aromatic nitrogens is 1. The molecule has 5 nitrogen and oxygen atoms in total. The largest absolute Gasteiger partial charge is 0.462 e. The molecule has 4 rings (SSSR count). The normalized spacial score (nSPS) is 11.2. The van der Waals surface area contributed by atoms with Gasteiger partial charge in [-0.25, -0.2) is 14.2 Å². The molecule has 0 radical (unpaired) electrons. The summed E-state index contributed by atoms with van der Waals surface area (Å²) in [5.74, 6) is 0.426. The number of benzene rings is 2. The fraction of sp³-hybridized carbons (Fsp3) is 0.0800. The Morgan fingerprint density at radius 2 is 1.84 bits per heavy atom. The molecule has 0 aliphatic carbocycles. The van der Waals surface area contributed by atoms with Crippen molar-refractivity contribution in [2.45, 2.75) is 6.92 Å². The number of furan rings is 1. The number of thiazole rings is 1. The molecular formula is C25H17FN2O3S. The molecule has 0 N–H and O–H groups in total. The Kier molecular flexibility index (Phi) is 6.24. The third-order valence-corrected chi connectivity index (χ3v) is 5.46. The topological polar surface area (TPSA) is 76.1 Å². The summed E-state index contributed by atoms with van der Waals surface area (Å²) >= 11 is 1.33. The smallest absolute Gasteiger partial charge is 0.338 e. The molecule has 0 atom stereocenters. The quantitative estimate of drug-likeness (QED) is 0.252. The van der Waals surface area contributed by atoms with Gasteiger partial charge in [-0.1, -0.05) is 12.1 Å². The van der Waals surface area contributed by atoms with Crippen molar-refractivity contribution in [3.63, 3.8) is 0 Å². The van der Waals surface area contributed by atoms with E-state index in [0.29, 0.717) is 40.0 Å². The second kappa shape index (κ2) is 9.41. The van der Waals surface area contributed by atoms with E-state index in [4.69, 9.17) is 9.15 Å². The van der Waals surface area contributed by atoms with Crippen LogP contribution in [0.25, 0.3) is 34.2 Å². The van der Waals surface area contributed by atoms with Crippen LogP contribution in [0.5, 0.6) is 0 Å². The van der Waals surface area contributed by atoms with Crippen molar-refractivity contribution in [3.05, 3.63) is 88.2 Å². The van der Waals surface area contributed by atoms with E-state index >= 15 is 0 Å². The minimum atomic E-state index is -0.371. The number of ether oxygens (including phenoxy) is 1. The molecule has 0 aliphatic rings. The number of allylic oxidation sites excluding steroid dienone is 1. The SMILES string of the molecule is CCOC(=O)c1ccc(-c2ccc(C=C(C#N)c3nc(-c4ccc(F)cc4)cs3)o2)cc1. The van der Waals surface area contributed by atoms with Gasteiger partial charge in [-0.05, 0) is 55.5 Å². The molecule has 0 bridgehead atoms. The van der Waals surface area contributed by atoms with Crippen LogP contribution >= 0.6 is 11.3 Å². The number of nitriles is 1. The zero-order valence-electron chi connectivity index (χ0n) is 17.0. The number of hydrogen-bond acceptors (Lipinski definition) is 6. The molecule has 2 aromatic carbocycles. The maximum Gasteiger partial charge on any atom is 0.338 e. The van der Waals surface area contributed by atoms with E-state index in [1.165, 1.54) is 23.5 Å². The lowest BCUT2D eigenvalue weighted by Gasteiger charge is -2.02. The van der Waals surface area contributed by atoms with E-state index in [9.17, 15) is 14.4 Å². The molecule has 2 aromatic heterocycles. The van der Waals surface area contributed by atoms with Crippen LogP contribution in [0, 0.1) is 17.1 Å². The van der Waals surface area contributed by atoms with Gasteiger partial charge < -0.3 is 9.15 Å². The first-order chi connectivity index (χ1) is 15.6. The van der Waals surface area contributed by atoms with E-state index in [-0.39, 0.29) is 11.8 Å². The van der Waals surface area contributed by atoms with E-state index < -0.39 is 0 Å². The Labute approximate surface area is 188 Å². The minimum Gasteiger partial charge on any atom is -0.462 e. The molecule has 2 heterocycles. The summed E-state index contributed by atoms with van der Waals surface area (Å²) in [6.45, 7) is 2.08. The van der Waals surface area contributed by atoms with Gasteiger partial charge >= 0.3 is 5.97 Å². The Morgan fingerprint density at radius 3 is 2.53 bits per heavy atom. The summed E-state index contributed by atoms with van der Waals surface area (Å²) in [5, 5.41) is 12.0. The highest BCUT2D eigenvalue weighted by atomic mass is 32.1. The zero-order chi connectivity index (χ0) is 22.5. The molecule has 7 heteroatoms. The average molecular weight is 444 g/mol. The van der Waals surface area contributed by atoms with E-state index in [1.54, 1.807) is 61.5 Å². The van der Waals surface area contributed by atoms with Gasteiger partial charge in [0.25, 0.3) is 0 Å². The summed E-state index contributed by atoms with van der Waals surface area (Å²) in [6, 6.07) is 18.7. The third-order valence-electron chi connectivity index (χ3n) is 4.59. The minimum absolute atomic E-state index is 0.314. The van der Waals surface area contributed by atoms with Crippen LogP contribution in [0.2, 0.25) is 0 Å². The maximum absolute atomic E-state index is 13.1. The molecule has 0 spiro atoms. The van der Waals surface area contributed by atoms with Crippen molar-refractivity contribution < 1.29 is 18.3 Å². The van der Waals surface area contributed by atoms with E-state index in [0.717, 1.165) is 11.1 Å². The van der Waals surface area contributed by atoms with Gasteiger partial charge in [-0.15, -0.1) is 11.3 Å². The predicted molar refractivity (Wildman–Crippen MR) is 121 cm³/mol. The number of carbonyl (C=O) groups excluding carboxylic acids is 1. The number of halogens is 1. The van der Waals surface area contributed by atoms with Crippen molar-refractivity contribution in [2.75, 3.05) is 6.61 Å². The first-order valence-corrected chi connectivity index (χ1v) is 10.7. The van der Waals surface area contributed by atoms with Gasteiger partial charge in [0.1, 0.15) is 28.4 Å². The van der Waals surface area contributed by atoms with Gasteiger partial charge in [-0.3, -0.25) is 0 Å². The zero-order valence-corrected chi connectivity index (χ0v) is 17.9. The lowest BCUT2D eigenvalue weighted by molar-refractivity contribution is 0.0526. The number of rotatable bonds is 6. The van der Waals surface area contributed by atoms with Crippen LogP contribution in [0.1, 0.15) is 28.0 Å². The average Bonchev–Trinajstić information content (AvgIpc) is 3.48. The standard InChI is InChI=1S/C25H17FN2O3S/c1-2-30-25(29)18-5-3-17(4-6-18)23-12-11-21(31-23)13-19(14-27)24-28-22(15-32-24)16-7-9-20(26)10-8-16/h3-13,15H,2H2,1H3. The third kappa shape index (κ3) is 4.66. The summed E-state index contributed by atoms with van der Waals surface area (Å²) < 4.78 is 24.0. The highest BCUT2D eigenvalue weighted by Crippen LogP contribution is 2.29. The number of carbonyl (C=O) groups is 1. The summed E-state index contributed by atoms with van der Waals surface area (Å²) in [5.41, 5.74) is 3.08. The monoisotopic (exact) mass is 444 g/mol. The fourth-order valence-electron chi connectivity index (χ4n) is 3.01. The lowest BCUT2D eigenvalue weighted by atomic mass is 10.1. The fourth-order valence-corrected chi connectivity index (χ4v) is 3.80. The molecule has 0 unspecified atom stereocenters. The van der Waals surface area contributed by atoms with Crippen molar-refractivity contribution in [1.29, 1.82) is 5.26 Å². The maximum atomic E-state index is 13.1. The first-order valence-electron chi connectivity index (χ1n) is 9.78. The van der Waals surface area contributed by atoms with Crippen LogP contribution in [0.15, 0.2) is 70.5 Å². The Bertz CT molecular complexity index is 1310. The summed E-state index contributed by atoms with van der Waals surface area (Å²) in [4.78, 5) is 16.3. The Morgan fingerprint density at radius 1 is 1.12 bits per heavy atom. The van der Waals surface area contributed by atoms with E-state index in [2.05, 4.69) is 11.1 Å². The highest BCUT2D eigenvalue weighted by Gasteiger charge is 2.12. The molecule has 4 aromatic rings. The Balaban J connectivity index is 1.55. The lowest BCUT2D eigenvalue weighted by Crippen LogP contribution is -2.03. The molecule has 32 heavy (non-hydrogen) atoms. The summed E-state index contributed by atoms with van der Waals surface area (Å²) in [6.07, 6.45) is 1.63. The second-order valence-electron chi connectivity index (χ2n) is 6.71. The van der Waals surface area contributed by atoms with Crippen molar-refractivity contribution in [2.24, 2.45) is 0 Å². The molecule has 158 valence electrons. The van der Waals surface area contributed by atoms with Crippen LogP contribution in [-0.4, -0.2) is 17.6 Å². The van der Waals surface area contributed by atoms with Crippen molar-refractivity contribution in [3.8, 4) is 28.7 Å². The van der Waals surface area contributed by atoms with Crippen LogP contribution in [-0.2, 0) is 4.74 Å². The van der Waals surface area contributed by atoms with Gasteiger partial charge in [0.15, 0.2) is 0 Å². The van der Waals surface area contributed by atoms with Crippen molar-refractivity contribution >= 4 is 29.0 Å². The van der Waals surface area contributed by atoms with Gasteiger partial charge in [0.05, 0.1) is 23.4 Å². The molecular weight excluding hydrogens is 427 g/mol. The molecule has 0 saturated heterocycles. The molecule has 0 amide bonds. The number of hydrogen-bond donors (Lipinski definition) is 0. The van der Waals surface area contributed by atoms with Crippen LogP contribution < -0.4 is 0 Å². The second-order valence-corrected chi connectivity index (χ2v) is 7.57. The predicted octanol–water partition coefficient (Wildman–Crippen LogP) is 6.45. The summed E-state index contributed by atoms with van der Waals surface area (Å²) in [7, 11) is 0. The first kappa shape index (κ1) is 21.2. The molecule has 0 aliphatic heterocycles. The Hall–Kier alpha value is -4.02. The van der Waals surface area contributed by atoms with Gasteiger partial charge in [0, 0.05) is 22.6 Å². The van der Waals surface area contributed by atoms with Crippen LogP contribution in [0.3, 0.4) is 0 Å². The number of esters is 1. The molecule has 0 saturated carbocycles. The van der Waals surface area contributed by atoms with Gasteiger partial charge in [0.2, 0.25) is 0 Å². The number of nitrogens with zero attached hydrogens (tertiary/aromatic N) is 2. The van der Waals surface area contributed by atoms with E-state index in [1.807, 2.05) is 5.38 Å². The highest BCUT2D eigenvalue weighted by molar-refractivity contribution is 7.11. The molecule has 0 fully saturated rings. The van der Waals surface area contributed by atoms with Crippen LogP contribution in [0.4, 0.5) is 4.39 Å².